The molecule has 0 aliphatic rings. The first kappa shape index (κ1) is 16.3. The number of ether oxygens (including phenoxy) is 1. The largest absolute Gasteiger partial charge is 0.469 e. The summed E-state index contributed by atoms with van der Waals surface area (Å²) in [4.78, 5) is 22.0. The fourth-order valence-electron chi connectivity index (χ4n) is 1.52. The zero-order valence-electron chi connectivity index (χ0n) is 11.2. The average molecular weight is 301 g/mol. The maximum Gasteiger partial charge on any atom is 0.306 e. The number of carbonyl (C=O) groups is 2. The van der Waals surface area contributed by atoms with Gasteiger partial charge in [-0.25, -0.2) is 4.39 Å². The lowest BCUT2D eigenvalue weighted by molar-refractivity contribution is -0.140. The Hall–Kier alpha value is -1.76. The van der Waals surface area contributed by atoms with Gasteiger partial charge in [0, 0.05) is 27.2 Å². The van der Waals surface area contributed by atoms with Gasteiger partial charge in [0.05, 0.1) is 19.3 Å². The van der Waals surface area contributed by atoms with Crippen molar-refractivity contribution >= 4 is 22.7 Å². The van der Waals surface area contributed by atoms with Crippen LogP contribution >= 0.6 is 0 Å². The molecule has 1 rings (SSSR count). The monoisotopic (exact) mass is 301 g/mol. The van der Waals surface area contributed by atoms with Crippen LogP contribution in [0.4, 0.5) is 4.39 Å². The lowest BCUT2D eigenvalue weighted by Gasteiger charge is -2.11. The van der Waals surface area contributed by atoms with Crippen molar-refractivity contribution < 1.29 is 22.9 Å². The number of nitrogens with two attached hydrogens (primary N) is 1. The lowest BCUT2D eigenvalue weighted by Crippen LogP contribution is -2.19. The van der Waals surface area contributed by atoms with Gasteiger partial charge in [-0.2, -0.15) is 0 Å². The standard InChI is InChI=1S/C13H16FNO4S/c1-8(5-12(16)19-2)20(18)7-10-4-3-9(13(15)17)6-11(10)14/h3-4,6,8H,5,7H2,1-2H3,(H2,15,17). The fourth-order valence-corrected chi connectivity index (χ4v) is 2.67. The van der Waals surface area contributed by atoms with Gasteiger partial charge < -0.3 is 10.5 Å². The maximum atomic E-state index is 13.7. The van der Waals surface area contributed by atoms with Crippen molar-refractivity contribution in [2.45, 2.75) is 24.3 Å². The highest BCUT2D eigenvalue weighted by Gasteiger charge is 2.18. The van der Waals surface area contributed by atoms with Gasteiger partial charge in [0.1, 0.15) is 5.82 Å². The summed E-state index contributed by atoms with van der Waals surface area (Å²) in [7, 11) is -0.172. The van der Waals surface area contributed by atoms with Gasteiger partial charge in [0.25, 0.3) is 0 Å². The fraction of sp³-hybridized carbons (Fsp3) is 0.385. The third kappa shape index (κ3) is 4.41. The second-order valence-corrected chi connectivity index (χ2v) is 6.14. The lowest BCUT2D eigenvalue weighted by atomic mass is 10.1. The Morgan fingerprint density at radius 3 is 2.60 bits per heavy atom. The van der Waals surface area contributed by atoms with Gasteiger partial charge >= 0.3 is 5.97 Å². The molecule has 0 fully saturated rings. The zero-order chi connectivity index (χ0) is 15.3. The van der Waals surface area contributed by atoms with E-state index in [1.165, 1.54) is 19.2 Å². The predicted molar refractivity (Wildman–Crippen MR) is 72.9 cm³/mol. The molecule has 2 N–H and O–H groups in total. The molecule has 0 bridgehead atoms. The molecule has 0 aliphatic carbocycles. The van der Waals surface area contributed by atoms with Crippen molar-refractivity contribution in [1.29, 1.82) is 0 Å². The Balaban J connectivity index is 2.75. The summed E-state index contributed by atoms with van der Waals surface area (Å²) in [6.45, 7) is 1.63. The number of rotatable bonds is 6. The summed E-state index contributed by atoms with van der Waals surface area (Å²) in [5.41, 5.74) is 5.30. The van der Waals surface area contributed by atoms with Crippen molar-refractivity contribution in [1.82, 2.24) is 0 Å². The highest BCUT2D eigenvalue weighted by molar-refractivity contribution is 7.84. The summed E-state index contributed by atoms with van der Waals surface area (Å²) in [6.07, 6.45) is 0.00407. The second kappa shape index (κ2) is 7.14. The van der Waals surface area contributed by atoms with Gasteiger partial charge in [-0.3, -0.25) is 13.8 Å². The molecular formula is C13H16FNO4S. The van der Waals surface area contributed by atoms with E-state index >= 15 is 0 Å². The first-order valence-electron chi connectivity index (χ1n) is 5.87. The van der Waals surface area contributed by atoms with Crippen LogP contribution in [-0.4, -0.2) is 28.4 Å². The number of amides is 1. The summed E-state index contributed by atoms with van der Waals surface area (Å²) in [6, 6.07) is 3.76. The first-order chi connectivity index (χ1) is 9.35. The number of hydrogen-bond acceptors (Lipinski definition) is 4. The molecule has 110 valence electrons. The van der Waals surface area contributed by atoms with Gasteiger partial charge in [-0.05, 0) is 12.1 Å². The molecule has 20 heavy (non-hydrogen) atoms. The topological polar surface area (TPSA) is 86.5 Å². The molecule has 2 unspecified atom stereocenters. The smallest absolute Gasteiger partial charge is 0.306 e. The van der Waals surface area contributed by atoms with Crippen LogP contribution in [-0.2, 0) is 26.1 Å². The van der Waals surface area contributed by atoms with Crippen LogP contribution < -0.4 is 5.73 Å². The van der Waals surface area contributed by atoms with E-state index in [1.807, 2.05) is 0 Å². The Bertz CT molecular complexity index is 547. The summed E-state index contributed by atoms with van der Waals surface area (Å²) in [5, 5.41) is -0.447. The highest BCUT2D eigenvalue weighted by atomic mass is 32.2. The number of methoxy groups -OCH3 is 1. The number of benzene rings is 1. The minimum Gasteiger partial charge on any atom is -0.469 e. The van der Waals surface area contributed by atoms with Crippen LogP contribution in [0.5, 0.6) is 0 Å². The third-order valence-electron chi connectivity index (χ3n) is 2.77. The van der Waals surface area contributed by atoms with Crippen molar-refractivity contribution in [3.63, 3.8) is 0 Å². The highest BCUT2D eigenvalue weighted by Crippen LogP contribution is 2.15. The molecule has 7 heteroatoms. The van der Waals surface area contributed by atoms with E-state index in [-0.39, 0.29) is 23.3 Å². The molecular weight excluding hydrogens is 285 g/mol. The quantitative estimate of drug-likeness (QED) is 0.798. The van der Waals surface area contributed by atoms with E-state index in [4.69, 9.17) is 5.73 Å². The van der Waals surface area contributed by atoms with Crippen LogP contribution in [0.15, 0.2) is 18.2 Å². The molecule has 1 aromatic rings. The summed E-state index contributed by atoms with van der Waals surface area (Å²) >= 11 is 0. The maximum absolute atomic E-state index is 13.7. The van der Waals surface area contributed by atoms with Crippen molar-refractivity contribution in [3.8, 4) is 0 Å². The number of halogens is 1. The van der Waals surface area contributed by atoms with Crippen LogP contribution in [0.1, 0.15) is 29.3 Å². The van der Waals surface area contributed by atoms with E-state index in [0.29, 0.717) is 0 Å². The van der Waals surface area contributed by atoms with Gasteiger partial charge in [0.2, 0.25) is 5.91 Å². The molecule has 0 aliphatic heterocycles. The number of carbonyl (C=O) groups excluding carboxylic acids is 2. The molecule has 0 heterocycles. The van der Waals surface area contributed by atoms with E-state index < -0.39 is 33.7 Å². The molecule has 0 aromatic heterocycles. The second-order valence-electron chi connectivity index (χ2n) is 4.29. The average Bonchev–Trinajstić information content (AvgIpc) is 2.40. The number of esters is 1. The Labute approximate surface area is 118 Å². The van der Waals surface area contributed by atoms with E-state index in [1.54, 1.807) is 6.92 Å². The predicted octanol–water partition coefficient (Wildman–Crippen LogP) is 1.12. The van der Waals surface area contributed by atoms with E-state index in [9.17, 15) is 18.2 Å². The van der Waals surface area contributed by atoms with Crippen LogP contribution in [0.25, 0.3) is 0 Å². The minimum atomic E-state index is -1.42. The van der Waals surface area contributed by atoms with Crippen molar-refractivity contribution in [2.24, 2.45) is 5.73 Å². The molecule has 1 amide bonds. The minimum absolute atomic E-state index is 0.00407. The molecule has 0 saturated heterocycles. The Kier molecular flexibility index (Phi) is 5.82. The van der Waals surface area contributed by atoms with Crippen molar-refractivity contribution in [3.05, 3.63) is 35.1 Å². The van der Waals surface area contributed by atoms with E-state index in [0.717, 1.165) is 6.07 Å². The summed E-state index contributed by atoms with van der Waals surface area (Å²) in [5.74, 6) is -1.87. The van der Waals surface area contributed by atoms with Gasteiger partial charge in [-0.1, -0.05) is 13.0 Å². The number of primary amides is 1. The summed E-state index contributed by atoms with van der Waals surface area (Å²) < 4.78 is 30.2. The Morgan fingerprint density at radius 2 is 2.10 bits per heavy atom. The molecule has 0 saturated carbocycles. The first-order valence-corrected chi connectivity index (χ1v) is 7.25. The van der Waals surface area contributed by atoms with E-state index in [2.05, 4.69) is 4.74 Å². The number of hydrogen-bond donors (Lipinski definition) is 1. The SMILES string of the molecule is COC(=O)CC(C)S(=O)Cc1ccc(C(N)=O)cc1F. The van der Waals surface area contributed by atoms with Gasteiger partial charge in [0.15, 0.2) is 0 Å². The van der Waals surface area contributed by atoms with Crippen LogP contribution in [0, 0.1) is 5.82 Å². The normalized spacial score (nSPS) is 13.6. The molecule has 2 atom stereocenters. The molecule has 5 nitrogen and oxygen atoms in total. The van der Waals surface area contributed by atoms with Crippen LogP contribution in [0.2, 0.25) is 0 Å². The van der Waals surface area contributed by atoms with Gasteiger partial charge in [-0.15, -0.1) is 0 Å². The Morgan fingerprint density at radius 1 is 1.45 bits per heavy atom. The van der Waals surface area contributed by atoms with Crippen molar-refractivity contribution in [2.75, 3.05) is 7.11 Å². The van der Waals surface area contributed by atoms with Crippen LogP contribution in [0.3, 0.4) is 0 Å². The molecule has 1 aromatic carbocycles. The third-order valence-corrected chi connectivity index (χ3v) is 4.43. The zero-order valence-corrected chi connectivity index (χ0v) is 12.0. The molecule has 0 spiro atoms. The molecule has 0 radical (unpaired) electrons.